The summed E-state index contributed by atoms with van der Waals surface area (Å²) in [6.07, 6.45) is 4.97. The number of rotatable bonds is 5. The lowest BCUT2D eigenvalue weighted by Gasteiger charge is -2.11. The maximum Gasteiger partial charge on any atom is 0.146 e. The van der Waals surface area contributed by atoms with Crippen LogP contribution in [0.4, 0.5) is 4.39 Å². The van der Waals surface area contributed by atoms with Gasteiger partial charge in [0.1, 0.15) is 17.3 Å². The Labute approximate surface area is 122 Å². The molecule has 0 fully saturated rings. The first-order chi connectivity index (χ1) is 9.58. The Morgan fingerprint density at radius 2 is 2.15 bits per heavy atom. The largest absolute Gasteiger partial charge is 0.454 e. The molecule has 106 valence electrons. The van der Waals surface area contributed by atoms with E-state index in [1.54, 1.807) is 12.4 Å². The monoisotopic (exact) mass is 294 g/mol. The zero-order chi connectivity index (χ0) is 14.5. The summed E-state index contributed by atoms with van der Waals surface area (Å²) < 4.78 is 18.6. The van der Waals surface area contributed by atoms with E-state index in [-0.39, 0.29) is 11.1 Å². The molecule has 2 aromatic rings. The Balaban J connectivity index is 2.15. The third-order valence-electron chi connectivity index (χ3n) is 2.91. The third-order valence-corrected chi connectivity index (χ3v) is 3.21. The normalized spacial score (nSPS) is 12.2. The highest BCUT2D eigenvalue weighted by Crippen LogP contribution is 2.29. The predicted molar refractivity (Wildman–Crippen MR) is 77.7 cm³/mol. The van der Waals surface area contributed by atoms with Gasteiger partial charge in [-0.2, -0.15) is 0 Å². The van der Waals surface area contributed by atoms with Crippen LogP contribution in [0.25, 0.3) is 0 Å². The number of ether oxygens (including phenoxy) is 1. The van der Waals surface area contributed by atoms with Gasteiger partial charge >= 0.3 is 0 Å². The molecule has 1 heterocycles. The number of nitrogens with two attached hydrogens (primary N) is 1. The molecule has 1 unspecified atom stereocenters. The lowest BCUT2D eigenvalue weighted by Crippen LogP contribution is -2.21. The summed E-state index contributed by atoms with van der Waals surface area (Å²) >= 11 is 5.92. The van der Waals surface area contributed by atoms with Crippen molar-refractivity contribution in [2.24, 2.45) is 5.73 Å². The van der Waals surface area contributed by atoms with Crippen LogP contribution >= 0.6 is 11.6 Å². The fourth-order valence-electron chi connectivity index (χ4n) is 1.76. The Morgan fingerprint density at radius 3 is 2.85 bits per heavy atom. The topological polar surface area (TPSA) is 48.1 Å². The van der Waals surface area contributed by atoms with Crippen LogP contribution in [0.1, 0.15) is 18.9 Å². The number of benzene rings is 1. The van der Waals surface area contributed by atoms with Crippen LogP contribution in [0.15, 0.2) is 36.7 Å². The Bertz CT molecular complexity index is 592. The van der Waals surface area contributed by atoms with Gasteiger partial charge in [-0.25, -0.2) is 4.39 Å². The van der Waals surface area contributed by atoms with Crippen LogP contribution in [0, 0.1) is 5.82 Å². The first-order valence-corrected chi connectivity index (χ1v) is 6.78. The lowest BCUT2D eigenvalue weighted by molar-refractivity contribution is 0.477. The van der Waals surface area contributed by atoms with E-state index >= 15 is 0 Å². The molecule has 0 amide bonds. The average Bonchev–Trinajstić information content (AvgIpc) is 2.42. The highest BCUT2D eigenvalue weighted by Gasteiger charge is 2.07. The van der Waals surface area contributed by atoms with E-state index in [1.807, 2.05) is 13.0 Å². The Morgan fingerprint density at radius 1 is 1.35 bits per heavy atom. The number of aromatic nitrogens is 1. The average molecular weight is 295 g/mol. The molecular formula is C15H16ClFN2O. The van der Waals surface area contributed by atoms with E-state index in [2.05, 4.69) is 4.98 Å². The molecule has 1 aromatic heterocycles. The number of nitrogens with zero attached hydrogens (tertiary/aromatic N) is 1. The van der Waals surface area contributed by atoms with Crippen LogP contribution < -0.4 is 10.5 Å². The van der Waals surface area contributed by atoms with Crippen LogP contribution in [0.2, 0.25) is 5.02 Å². The first kappa shape index (κ1) is 14.8. The summed E-state index contributed by atoms with van der Waals surface area (Å²) in [6.45, 7) is 2.04. The fourth-order valence-corrected chi connectivity index (χ4v) is 1.97. The Kier molecular flexibility index (Phi) is 4.93. The van der Waals surface area contributed by atoms with Gasteiger partial charge in [0.15, 0.2) is 0 Å². The SMILES string of the molecule is CCC(N)Cc1cncc(Oc2ccc(F)cc2Cl)c1. The zero-order valence-corrected chi connectivity index (χ0v) is 11.9. The van der Waals surface area contributed by atoms with E-state index in [9.17, 15) is 4.39 Å². The fraction of sp³-hybridized carbons (Fsp3) is 0.267. The van der Waals surface area contributed by atoms with Crippen molar-refractivity contribution in [2.75, 3.05) is 0 Å². The van der Waals surface area contributed by atoms with Gasteiger partial charge in [-0.3, -0.25) is 4.98 Å². The van der Waals surface area contributed by atoms with E-state index in [0.717, 1.165) is 18.4 Å². The van der Waals surface area contributed by atoms with Crippen molar-refractivity contribution < 1.29 is 9.13 Å². The van der Waals surface area contributed by atoms with Crippen LogP contribution in [0.5, 0.6) is 11.5 Å². The summed E-state index contributed by atoms with van der Waals surface area (Å²) in [5, 5.41) is 0.223. The highest BCUT2D eigenvalue weighted by molar-refractivity contribution is 6.32. The minimum atomic E-state index is -0.400. The van der Waals surface area contributed by atoms with E-state index in [0.29, 0.717) is 11.5 Å². The van der Waals surface area contributed by atoms with Crippen molar-refractivity contribution in [3.05, 3.63) is 53.1 Å². The maximum absolute atomic E-state index is 13.0. The molecule has 0 bridgehead atoms. The van der Waals surface area contributed by atoms with Crippen molar-refractivity contribution in [1.29, 1.82) is 0 Å². The van der Waals surface area contributed by atoms with Gasteiger partial charge in [-0.1, -0.05) is 18.5 Å². The number of hydrogen-bond acceptors (Lipinski definition) is 3. The smallest absolute Gasteiger partial charge is 0.146 e. The second kappa shape index (κ2) is 6.68. The standard InChI is InChI=1S/C15H16ClFN2O/c1-2-12(18)5-10-6-13(9-19-8-10)20-15-4-3-11(17)7-14(15)16/h3-4,6-9,12H,2,5,18H2,1H3. The summed E-state index contributed by atoms with van der Waals surface area (Å²) in [5.74, 6) is 0.550. The highest BCUT2D eigenvalue weighted by atomic mass is 35.5. The van der Waals surface area contributed by atoms with Crippen LogP contribution in [-0.4, -0.2) is 11.0 Å². The molecule has 1 aromatic carbocycles. The molecule has 1 atom stereocenters. The predicted octanol–water partition coefficient (Wildman–Crippen LogP) is 3.95. The molecule has 2 rings (SSSR count). The van der Waals surface area contributed by atoms with Crippen LogP contribution in [-0.2, 0) is 6.42 Å². The molecule has 0 aliphatic heterocycles. The summed E-state index contributed by atoms with van der Waals surface area (Å²) in [4.78, 5) is 4.12. The Hall–Kier alpha value is -1.65. The number of halogens is 2. The molecule has 0 spiro atoms. The van der Waals surface area contributed by atoms with E-state index < -0.39 is 5.82 Å². The molecule has 0 radical (unpaired) electrons. The molecule has 20 heavy (non-hydrogen) atoms. The molecule has 0 saturated carbocycles. The molecular weight excluding hydrogens is 279 g/mol. The van der Waals surface area contributed by atoms with Crippen LogP contribution in [0.3, 0.4) is 0 Å². The van der Waals surface area contributed by atoms with Gasteiger partial charge in [0.2, 0.25) is 0 Å². The van der Waals surface area contributed by atoms with E-state index in [1.165, 1.54) is 18.2 Å². The lowest BCUT2D eigenvalue weighted by atomic mass is 10.1. The van der Waals surface area contributed by atoms with Crippen molar-refractivity contribution in [1.82, 2.24) is 4.98 Å². The van der Waals surface area contributed by atoms with Crippen molar-refractivity contribution in [2.45, 2.75) is 25.8 Å². The third kappa shape index (κ3) is 3.92. The summed E-state index contributed by atoms with van der Waals surface area (Å²) in [6, 6.07) is 5.96. The molecule has 0 saturated heterocycles. The molecule has 0 aliphatic rings. The molecule has 0 aliphatic carbocycles. The number of pyridine rings is 1. The molecule has 3 nitrogen and oxygen atoms in total. The quantitative estimate of drug-likeness (QED) is 0.908. The van der Waals surface area contributed by atoms with Gasteiger partial charge in [0.05, 0.1) is 11.2 Å². The zero-order valence-electron chi connectivity index (χ0n) is 11.1. The first-order valence-electron chi connectivity index (χ1n) is 6.41. The van der Waals surface area contributed by atoms with Gasteiger partial charge in [-0.05, 0) is 42.7 Å². The van der Waals surface area contributed by atoms with Gasteiger partial charge in [0.25, 0.3) is 0 Å². The van der Waals surface area contributed by atoms with Gasteiger partial charge < -0.3 is 10.5 Å². The molecule has 2 N–H and O–H groups in total. The van der Waals surface area contributed by atoms with Crippen molar-refractivity contribution >= 4 is 11.6 Å². The second-order valence-electron chi connectivity index (χ2n) is 4.58. The van der Waals surface area contributed by atoms with Crippen molar-refractivity contribution in [3.8, 4) is 11.5 Å². The van der Waals surface area contributed by atoms with Gasteiger partial charge in [-0.15, -0.1) is 0 Å². The van der Waals surface area contributed by atoms with Crippen molar-refractivity contribution in [3.63, 3.8) is 0 Å². The van der Waals surface area contributed by atoms with E-state index in [4.69, 9.17) is 22.1 Å². The summed E-state index contributed by atoms with van der Waals surface area (Å²) in [5.41, 5.74) is 6.91. The number of hydrogen-bond donors (Lipinski definition) is 1. The minimum absolute atomic E-state index is 0.0986. The second-order valence-corrected chi connectivity index (χ2v) is 4.99. The minimum Gasteiger partial charge on any atom is -0.454 e. The van der Waals surface area contributed by atoms with Gasteiger partial charge in [0, 0.05) is 12.2 Å². The maximum atomic E-state index is 13.0. The summed E-state index contributed by atoms with van der Waals surface area (Å²) in [7, 11) is 0. The molecule has 5 heteroatoms.